The quantitative estimate of drug-likeness (QED) is 0.272. The van der Waals surface area contributed by atoms with Crippen LogP contribution in [0.3, 0.4) is 0 Å². The molecule has 1 atom stereocenters. The molecule has 0 radical (unpaired) electrons. The minimum absolute atomic E-state index is 0. The molecule has 3 aliphatic rings. The van der Waals surface area contributed by atoms with Gasteiger partial charge in [0.2, 0.25) is 0 Å². The number of rotatable bonds is 11. The molecule has 0 aromatic heterocycles. The molecule has 3 rings (SSSR count). The van der Waals surface area contributed by atoms with Gasteiger partial charge in [-0.05, 0) is 56.8 Å². The number of allylic oxidation sites excluding steroid dienone is 5. The topological polar surface area (TPSA) is 48.1 Å². The smallest absolute Gasteiger partial charge is 0.1000 e. The summed E-state index contributed by atoms with van der Waals surface area (Å²) in [4.78, 5) is 0. The zero-order valence-corrected chi connectivity index (χ0v) is 20.7. The average Bonchev–Trinajstić information content (AvgIpc) is 3.23. The Bertz CT molecular complexity index is 816. The van der Waals surface area contributed by atoms with Crippen LogP contribution in [0.4, 0.5) is 0 Å². The van der Waals surface area contributed by atoms with E-state index in [0.717, 1.165) is 55.1 Å². The van der Waals surface area contributed by atoms with E-state index in [-0.39, 0.29) is 6.97 Å². The van der Waals surface area contributed by atoms with Crippen molar-refractivity contribution < 1.29 is 1.43 Å². The molecule has 4 nitrogen and oxygen atoms in total. The summed E-state index contributed by atoms with van der Waals surface area (Å²) >= 11 is 0. The van der Waals surface area contributed by atoms with Gasteiger partial charge in [-0.25, -0.2) is 0 Å². The highest BCUT2D eigenvalue weighted by Gasteiger charge is 2.32. The molecule has 0 aromatic carbocycles. The van der Waals surface area contributed by atoms with Gasteiger partial charge in [0.1, 0.15) is 0 Å². The molecule has 178 valence electrons. The second kappa shape index (κ2) is 13.0. The number of hydrogen-bond acceptors (Lipinski definition) is 4. The van der Waals surface area contributed by atoms with E-state index in [9.17, 15) is 0 Å². The lowest BCUT2D eigenvalue weighted by atomic mass is 9.87. The van der Waals surface area contributed by atoms with Crippen LogP contribution in [0.15, 0.2) is 83.8 Å². The van der Waals surface area contributed by atoms with E-state index < -0.39 is 0 Å². The van der Waals surface area contributed by atoms with Gasteiger partial charge < -0.3 is 21.3 Å². The predicted molar refractivity (Wildman–Crippen MR) is 142 cm³/mol. The van der Waals surface area contributed by atoms with Crippen molar-refractivity contribution in [1.29, 1.82) is 0 Å². The van der Waals surface area contributed by atoms with Crippen LogP contribution in [0.1, 0.15) is 80.5 Å². The van der Waals surface area contributed by atoms with Gasteiger partial charge in [-0.1, -0.05) is 77.5 Å². The van der Waals surface area contributed by atoms with E-state index in [1.165, 1.54) is 37.0 Å². The summed E-state index contributed by atoms with van der Waals surface area (Å²) in [5.74, 6) is 0.737. The molecular formula is C28H46N4. The van der Waals surface area contributed by atoms with E-state index in [0.29, 0.717) is 0 Å². The van der Waals surface area contributed by atoms with E-state index in [2.05, 4.69) is 84.7 Å². The summed E-state index contributed by atoms with van der Waals surface area (Å²) in [5.41, 5.74) is 5.62. The molecule has 4 N–H and O–H groups in total. The Labute approximate surface area is 197 Å². The number of unbranched alkanes of at least 4 members (excludes halogenated alkanes) is 3. The molecule has 4 heteroatoms. The third-order valence-electron chi connectivity index (χ3n) is 5.99. The molecule has 0 bridgehead atoms. The Kier molecular flexibility index (Phi) is 10.5. The molecule has 1 unspecified atom stereocenters. The largest absolute Gasteiger partial charge is 0.383 e. The predicted octanol–water partition coefficient (Wildman–Crippen LogP) is 6.68. The van der Waals surface area contributed by atoms with Crippen molar-refractivity contribution in [3.05, 3.63) is 83.8 Å². The van der Waals surface area contributed by atoms with Crippen LogP contribution >= 0.6 is 0 Å². The van der Waals surface area contributed by atoms with Crippen LogP contribution in [0.2, 0.25) is 0 Å². The minimum Gasteiger partial charge on any atom is -0.383 e. The second-order valence-corrected chi connectivity index (χ2v) is 8.67. The fraction of sp³-hybridized carbons (Fsp3) is 0.500. The molecule has 0 aromatic rings. The zero-order chi connectivity index (χ0) is 23.4. The summed E-state index contributed by atoms with van der Waals surface area (Å²) in [6.07, 6.45) is 22.9. The minimum atomic E-state index is -0.0558. The highest BCUT2D eigenvalue weighted by Crippen LogP contribution is 2.32. The van der Waals surface area contributed by atoms with Crippen molar-refractivity contribution in [2.45, 2.75) is 84.6 Å². The average molecular weight is 439 g/mol. The molecular weight excluding hydrogens is 392 g/mol. The van der Waals surface area contributed by atoms with Crippen LogP contribution in [-0.4, -0.2) is 12.1 Å². The van der Waals surface area contributed by atoms with Gasteiger partial charge in [0.15, 0.2) is 0 Å². The van der Waals surface area contributed by atoms with Crippen LogP contribution < -0.4 is 21.3 Å². The Balaban J connectivity index is 0.00000177. The first-order chi connectivity index (χ1) is 15.5. The molecule has 0 saturated heterocycles. The summed E-state index contributed by atoms with van der Waals surface area (Å²) < 4.78 is 0. The first kappa shape index (κ1) is 25.6. The second-order valence-electron chi connectivity index (χ2n) is 8.67. The molecule has 0 saturated carbocycles. The van der Waals surface area contributed by atoms with Crippen molar-refractivity contribution in [3.8, 4) is 0 Å². The van der Waals surface area contributed by atoms with Gasteiger partial charge in [-0.15, -0.1) is 0 Å². The van der Waals surface area contributed by atoms with Crippen molar-refractivity contribution in [2.75, 3.05) is 6.54 Å². The van der Waals surface area contributed by atoms with E-state index in [1.807, 2.05) is 13.8 Å². The maximum atomic E-state index is 4.21. The maximum absolute atomic E-state index is 4.21. The summed E-state index contributed by atoms with van der Waals surface area (Å²) in [6, 6.07) is 0. The Hall–Kier alpha value is -2.62. The first-order valence-electron chi connectivity index (χ1n) is 12.4. The molecule has 2 aliphatic heterocycles. The third-order valence-corrected chi connectivity index (χ3v) is 5.99. The molecule has 0 spiro atoms. The van der Waals surface area contributed by atoms with Gasteiger partial charge in [0.05, 0.1) is 29.3 Å². The summed E-state index contributed by atoms with van der Waals surface area (Å²) in [7, 11) is 0. The van der Waals surface area contributed by atoms with Gasteiger partial charge in [0.25, 0.3) is 0 Å². The van der Waals surface area contributed by atoms with Crippen molar-refractivity contribution >= 4 is 0 Å². The number of nitrogens with one attached hydrogen (secondary N) is 4. The van der Waals surface area contributed by atoms with Gasteiger partial charge in [-0.3, -0.25) is 0 Å². The molecule has 32 heavy (non-hydrogen) atoms. The number of hydrogen-bond donors (Lipinski definition) is 4. The lowest BCUT2D eigenvalue weighted by Crippen LogP contribution is -2.40. The van der Waals surface area contributed by atoms with Crippen molar-refractivity contribution in [1.82, 2.24) is 21.3 Å². The fourth-order valence-corrected chi connectivity index (χ4v) is 4.12. The van der Waals surface area contributed by atoms with E-state index >= 15 is 0 Å². The molecule has 0 amide bonds. The van der Waals surface area contributed by atoms with Gasteiger partial charge >= 0.3 is 0 Å². The lowest BCUT2D eigenvalue weighted by Gasteiger charge is -2.30. The monoisotopic (exact) mass is 438 g/mol. The lowest BCUT2D eigenvalue weighted by molar-refractivity contribution is 0.501. The molecule has 2 heterocycles. The Morgan fingerprint density at radius 1 is 1.12 bits per heavy atom. The van der Waals surface area contributed by atoms with Crippen LogP contribution in [0, 0.1) is 0 Å². The summed E-state index contributed by atoms with van der Waals surface area (Å²) in [5, 5.41) is 13.8. The Morgan fingerprint density at radius 2 is 1.94 bits per heavy atom. The van der Waals surface area contributed by atoms with E-state index in [4.69, 9.17) is 0 Å². The fourth-order valence-electron chi connectivity index (χ4n) is 4.12. The standard InChI is InChI=1S/C26H38N4.C2H6.H2/c1-5-6-7-11-14-23-15-16-24(19-27-23)29-21(3)28-20(2)25-17-18-26(4,30-25)22-12-9-8-10-13-22;1-2;/h9,12-13,15-17,27-30H,2-3,5-8,10-11,14,18-19H2,1,4H3;1-2H3;1H. The third kappa shape index (κ3) is 7.51. The SMILES string of the molecule is C=C(NC(=C)C1=CCC(C)(C2=CCCC=C2)N1)NC1=CC=C(CCCCCC)NC1.CC.[HH]. The molecule has 1 aliphatic carbocycles. The highest BCUT2D eigenvalue weighted by atomic mass is 15.1. The molecule has 0 fully saturated rings. The number of dihydropyridines is 1. The summed E-state index contributed by atoms with van der Waals surface area (Å²) in [6.45, 7) is 17.6. The van der Waals surface area contributed by atoms with Crippen LogP contribution in [0.25, 0.3) is 0 Å². The van der Waals surface area contributed by atoms with Gasteiger partial charge in [0, 0.05) is 12.8 Å². The van der Waals surface area contributed by atoms with E-state index in [1.54, 1.807) is 0 Å². The highest BCUT2D eigenvalue weighted by molar-refractivity contribution is 5.42. The first-order valence-corrected chi connectivity index (χ1v) is 12.4. The van der Waals surface area contributed by atoms with Gasteiger partial charge in [-0.2, -0.15) is 0 Å². The van der Waals surface area contributed by atoms with Crippen LogP contribution in [0.5, 0.6) is 0 Å². The normalized spacial score (nSPS) is 21.5. The Morgan fingerprint density at radius 3 is 2.59 bits per heavy atom. The maximum Gasteiger partial charge on any atom is 0.1000 e. The zero-order valence-electron chi connectivity index (χ0n) is 20.7. The van der Waals surface area contributed by atoms with Crippen LogP contribution in [-0.2, 0) is 0 Å². The van der Waals surface area contributed by atoms with Crippen molar-refractivity contribution in [2.24, 2.45) is 0 Å². The van der Waals surface area contributed by atoms with Crippen molar-refractivity contribution in [3.63, 3.8) is 0 Å².